The first kappa shape index (κ1) is 29.3. The van der Waals surface area contributed by atoms with E-state index in [0.717, 1.165) is 12.8 Å². The summed E-state index contributed by atoms with van der Waals surface area (Å²) < 4.78 is 15.3. The van der Waals surface area contributed by atoms with Gasteiger partial charge in [0.25, 0.3) is 0 Å². The number of aliphatic hydroxyl groups is 2. The molecule has 2 N–H and O–H groups in total. The molecule has 0 spiro atoms. The molecule has 6 heteroatoms. The molecule has 0 rings (SSSR count). The molecular formula is C22H44O6. The molecule has 0 heterocycles. The van der Waals surface area contributed by atoms with E-state index in [0.29, 0.717) is 19.8 Å². The fourth-order valence-corrected chi connectivity index (χ4v) is 2.17. The lowest BCUT2D eigenvalue weighted by Gasteiger charge is -2.16. The van der Waals surface area contributed by atoms with E-state index in [4.69, 9.17) is 24.4 Å². The van der Waals surface area contributed by atoms with Crippen LogP contribution in [0.5, 0.6) is 0 Å². The molecule has 0 bridgehead atoms. The molecule has 0 radical (unpaired) electrons. The summed E-state index contributed by atoms with van der Waals surface area (Å²) in [4.78, 5) is 10.7. The van der Waals surface area contributed by atoms with Crippen LogP contribution in [-0.2, 0) is 19.0 Å². The van der Waals surface area contributed by atoms with Crippen LogP contribution in [-0.4, -0.2) is 60.9 Å². The van der Waals surface area contributed by atoms with Gasteiger partial charge in [-0.15, -0.1) is 0 Å². The molecule has 0 aromatic carbocycles. The summed E-state index contributed by atoms with van der Waals surface area (Å²) in [5.41, 5.74) is 0. The van der Waals surface area contributed by atoms with Crippen molar-refractivity contribution in [3.8, 4) is 0 Å². The molecule has 0 aliphatic carbocycles. The average molecular weight is 405 g/mol. The standard InChI is InChI=1S/C13H24O2.C9H20O4/c1-3-5-6-7-8-9-10-11-12-15-13(14)4-2;1-7(11)5-12-9(3)6-13-8(2)4-10/h4H,2-3,5-12H2,1H3;7-11H,4-6H2,1-3H3. The van der Waals surface area contributed by atoms with E-state index in [1.54, 1.807) is 13.8 Å². The second kappa shape index (κ2) is 22.3. The summed E-state index contributed by atoms with van der Waals surface area (Å²) in [6.45, 7) is 12.2. The van der Waals surface area contributed by atoms with Gasteiger partial charge >= 0.3 is 5.97 Å². The lowest BCUT2D eigenvalue weighted by molar-refractivity contribution is -0.137. The summed E-state index contributed by atoms with van der Waals surface area (Å²) in [5.74, 6) is -0.307. The number of carbonyl (C=O) groups is 1. The van der Waals surface area contributed by atoms with Gasteiger partial charge in [-0.05, 0) is 27.2 Å². The lowest BCUT2D eigenvalue weighted by atomic mass is 10.1. The largest absolute Gasteiger partial charge is 0.463 e. The minimum Gasteiger partial charge on any atom is -0.463 e. The number of ether oxygens (including phenoxy) is 3. The molecular weight excluding hydrogens is 360 g/mol. The van der Waals surface area contributed by atoms with Crippen LogP contribution in [0.25, 0.3) is 0 Å². The van der Waals surface area contributed by atoms with Crippen LogP contribution in [0.3, 0.4) is 0 Å². The van der Waals surface area contributed by atoms with Crippen molar-refractivity contribution in [1.82, 2.24) is 0 Å². The van der Waals surface area contributed by atoms with E-state index >= 15 is 0 Å². The molecule has 0 amide bonds. The predicted octanol–water partition coefficient (Wildman–Crippen LogP) is 4.03. The molecule has 3 unspecified atom stereocenters. The maximum Gasteiger partial charge on any atom is 0.330 e. The molecule has 28 heavy (non-hydrogen) atoms. The molecule has 0 saturated carbocycles. The van der Waals surface area contributed by atoms with E-state index in [-0.39, 0.29) is 24.8 Å². The number of hydrogen-bond acceptors (Lipinski definition) is 6. The highest BCUT2D eigenvalue weighted by Crippen LogP contribution is 2.08. The van der Waals surface area contributed by atoms with E-state index in [1.807, 2.05) is 6.92 Å². The molecule has 0 aromatic heterocycles. The zero-order chi connectivity index (χ0) is 21.6. The monoisotopic (exact) mass is 404 g/mol. The Labute approximate surface area is 172 Å². The summed E-state index contributed by atoms with van der Waals surface area (Å²) in [6, 6.07) is 0. The van der Waals surface area contributed by atoms with Gasteiger partial charge < -0.3 is 24.4 Å². The molecule has 0 aromatic rings. The molecule has 0 fully saturated rings. The minimum atomic E-state index is -0.447. The first-order chi connectivity index (χ1) is 13.4. The van der Waals surface area contributed by atoms with Crippen LogP contribution in [0.15, 0.2) is 12.7 Å². The third-order valence-corrected chi connectivity index (χ3v) is 3.90. The Morgan fingerprint density at radius 1 is 0.929 bits per heavy atom. The number of hydrogen-bond donors (Lipinski definition) is 2. The second-order valence-electron chi connectivity index (χ2n) is 7.17. The third-order valence-electron chi connectivity index (χ3n) is 3.90. The topological polar surface area (TPSA) is 85.2 Å². The highest BCUT2D eigenvalue weighted by molar-refractivity contribution is 5.81. The molecule has 168 valence electrons. The highest BCUT2D eigenvalue weighted by Gasteiger charge is 2.07. The van der Waals surface area contributed by atoms with Crippen LogP contribution in [0.2, 0.25) is 0 Å². The lowest BCUT2D eigenvalue weighted by Crippen LogP contribution is -2.24. The fourth-order valence-electron chi connectivity index (χ4n) is 2.17. The van der Waals surface area contributed by atoms with Crippen molar-refractivity contribution in [2.24, 2.45) is 0 Å². The Morgan fingerprint density at radius 2 is 1.46 bits per heavy atom. The zero-order valence-corrected chi connectivity index (χ0v) is 18.5. The summed E-state index contributed by atoms with van der Waals surface area (Å²) in [7, 11) is 0. The van der Waals surface area contributed by atoms with Gasteiger partial charge in [0.15, 0.2) is 0 Å². The van der Waals surface area contributed by atoms with Gasteiger partial charge in [0, 0.05) is 6.08 Å². The van der Waals surface area contributed by atoms with E-state index in [2.05, 4.69) is 13.5 Å². The summed E-state index contributed by atoms with van der Waals surface area (Å²) in [5, 5.41) is 17.6. The van der Waals surface area contributed by atoms with Crippen LogP contribution < -0.4 is 0 Å². The van der Waals surface area contributed by atoms with Crippen molar-refractivity contribution < 1.29 is 29.2 Å². The van der Waals surface area contributed by atoms with Gasteiger partial charge in [-0.3, -0.25) is 0 Å². The summed E-state index contributed by atoms with van der Waals surface area (Å²) >= 11 is 0. The van der Waals surface area contributed by atoms with E-state index < -0.39 is 6.10 Å². The Kier molecular flexibility index (Phi) is 23.3. The van der Waals surface area contributed by atoms with Crippen molar-refractivity contribution >= 4 is 5.97 Å². The third kappa shape index (κ3) is 25.1. The van der Waals surface area contributed by atoms with Gasteiger partial charge in [-0.25, -0.2) is 4.79 Å². The first-order valence-electron chi connectivity index (χ1n) is 10.7. The minimum absolute atomic E-state index is 0.0170. The van der Waals surface area contributed by atoms with Crippen molar-refractivity contribution in [3.05, 3.63) is 12.7 Å². The van der Waals surface area contributed by atoms with Gasteiger partial charge in [0.05, 0.1) is 44.7 Å². The quantitative estimate of drug-likeness (QED) is 0.216. The Hall–Kier alpha value is -0.950. The Balaban J connectivity index is 0. The number of esters is 1. The number of rotatable bonds is 17. The van der Waals surface area contributed by atoms with Gasteiger partial charge in [0.1, 0.15) is 0 Å². The molecule has 0 aliphatic rings. The Morgan fingerprint density at radius 3 is 1.96 bits per heavy atom. The maximum absolute atomic E-state index is 10.7. The SMILES string of the molecule is C=CC(=O)OCCCCCCCCCC.CC(O)COC(C)COC(C)CO. The molecule has 6 nitrogen and oxygen atoms in total. The number of aliphatic hydroxyl groups excluding tert-OH is 2. The highest BCUT2D eigenvalue weighted by atomic mass is 16.5. The maximum atomic E-state index is 10.7. The summed E-state index contributed by atoms with van der Waals surface area (Å²) in [6.07, 6.45) is 10.6. The van der Waals surface area contributed by atoms with Crippen LogP contribution in [0.1, 0.15) is 79.1 Å². The van der Waals surface area contributed by atoms with Gasteiger partial charge in [0.2, 0.25) is 0 Å². The molecule has 0 aliphatic heterocycles. The van der Waals surface area contributed by atoms with Crippen molar-refractivity contribution in [3.63, 3.8) is 0 Å². The van der Waals surface area contributed by atoms with Crippen molar-refractivity contribution in [1.29, 1.82) is 0 Å². The Bertz CT molecular complexity index is 346. The van der Waals surface area contributed by atoms with Crippen LogP contribution in [0, 0.1) is 0 Å². The van der Waals surface area contributed by atoms with E-state index in [1.165, 1.54) is 44.6 Å². The van der Waals surface area contributed by atoms with Crippen LogP contribution in [0.4, 0.5) is 0 Å². The first-order valence-corrected chi connectivity index (χ1v) is 10.7. The number of carbonyl (C=O) groups excluding carboxylic acids is 1. The fraction of sp³-hybridized carbons (Fsp3) is 0.864. The molecule has 0 saturated heterocycles. The normalized spacial score (nSPS) is 13.8. The smallest absolute Gasteiger partial charge is 0.330 e. The predicted molar refractivity (Wildman–Crippen MR) is 113 cm³/mol. The van der Waals surface area contributed by atoms with Crippen molar-refractivity contribution in [2.75, 3.05) is 26.4 Å². The van der Waals surface area contributed by atoms with E-state index in [9.17, 15) is 4.79 Å². The van der Waals surface area contributed by atoms with Crippen molar-refractivity contribution in [2.45, 2.75) is 97.4 Å². The van der Waals surface area contributed by atoms with Gasteiger partial charge in [-0.1, -0.05) is 58.4 Å². The second-order valence-corrected chi connectivity index (χ2v) is 7.17. The zero-order valence-electron chi connectivity index (χ0n) is 18.5. The van der Waals surface area contributed by atoms with Gasteiger partial charge in [-0.2, -0.15) is 0 Å². The van der Waals surface area contributed by atoms with Crippen LogP contribution >= 0.6 is 0 Å². The number of unbranched alkanes of at least 4 members (excludes halogenated alkanes) is 7. The molecule has 3 atom stereocenters. The average Bonchev–Trinajstić information content (AvgIpc) is 2.69.